The lowest BCUT2D eigenvalue weighted by molar-refractivity contribution is 0.176. The van der Waals surface area contributed by atoms with E-state index < -0.39 is 10.0 Å². The molecule has 0 bridgehead atoms. The molecular weight excluding hydrogens is 314 g/mol. The standard InChI is InChI=1S/C12H21N3O4S2/c1-9-11(20-12(16)14-9)21(17,18)15(6-7-19-2)8-10-4-3-5-13-10/h10,13H,3-8H2,1-2H3,(H,14,16). The van der Waals surface area contributed by atoms with Crippen LogP contribution in [0.25, 0.3) is 0 Å². The Bertz CT molecular complexity index is 617. The number of nitrogens with zero attached hydrogens (tertiary/aromatic N) is 1. The van der Waals surface area contributed by atoms with Crippen LogP contribution in [0.4, 0.5) is 0 Å². The highest BCUT2D eigenvalue weighted by Gasteiger charge is 2.31. The summed E-state index contributed by atoms with van der Waals surface area (Å²) < 4.78 is 32.0. The first-order chi connectivity index (χ1) is 9.95. The van der Waals surface area contributed by atoms with Crippen molar-refractivity contribution in [3.8, 4) is 0 Å². The minimum Gasteiger partial charge on any atom is -0.383 e. The Kier molecular flexibility index (Phi) is 5.55. The maximum absolute atomic E-state index is 12.8. The molecule has 1 aliphatic heterocycles. The summed E-state index contributed by atoms with van der Waals surface area (Å²) in [5.74, 6) is 0. The number of rotatable bonds is 7. The number of H-pyrrole nitrogens is 1. The fraction of sp³-hybridized carbons (Fsp3) is 0.750. The lowest BCUT2D eigenvalue weighted by Crippen LogP contribution is -2.42. The first-order valence-electron chi connectivity index (χ1n) is 6.87. The second-order valence-electron chi connectivity index (χ2n) is 5.08. The number of thiazole rings is 1. The highest BCUT2D eigenvalue weighted by atomic mass is 32.2. The molecule has 1 saturated heterocycles. The molecule has 2 heterocycles. The molecule has 120 valence electrons. The van der Waals surface area contributed by atoms with Gasteiger partial charge in [-0.3, -0.25) is 4.79 Å². The summed E-state index contributed by atoms with van der Waals surface area (Å²) in [5.41, 5.74) is 0.395. The van der Waals surface area contributed by atoms with Gasteiger partial charge in [0, 0.05) is 31.9 Å². The van der Waals surface area contributed by atoms with Crippen molar-refractivity contribution in [2.75, 3.05) is 33.4 Å². The molecule has 1 unspecified atom stereocenters. The van der Waals surface area contributed by atoms with Gasteiger partial charge >= 0.3 is 4.87 Å². The van der Waals surface area contributed by atoms with Gasteiger partial charge in [0.25, 0.3) is 10.0 Å². The van der Waals surface area contributed by atoms with E-state index in [1.165, 1.54) is 4.31 Å². The summed E-state index contributed by atoms with van der Waals surface area (Å²) in [5, 5.41) is 3.29. The molecular formula is C12H21N3O4S2. The van der Waals surface area contributed by atoms with Crippen LogP contribution in [0.5, 0.6) is 0 Å². The molecule has 7 nitrogen and oxygen atoms in total. The average Bonchev–Trinajstić information content (AvgIpc) is 3.04. The Morgan fingerprint density at radius 2 is 2.24 bits per heavy atom. The minimum atomic E-state index is -3.67. The Hall–Kier alpha value is -0.740. The molecule has 2 N–H and O–H groups in total. The number of aromatic nitrogens is 1. The van der Waals surface area contributed by atoms with Crippen LogP contribution >= 0.6 is 11.3 Å². The van der Waals surface area contributed by atoms with Gasteiger partial charge in [-0.15, -0.1) is 0 Å². The first kappa shape index (κ1) is 16.6. The van der Waals surface area contributed by atoms with E-state index in [9.17, 15) is 13.2 Å². The number of aryl methyl sites for hydroxylation is 1. The SMILES string of the molecule is COCCN(CC1CCCN1)S(=O)(=O)c1sc(=O)[nH]c1C. The van der Waals surface area contributed by atoms with Gasteiger partial charge < -0.3 is 15.0 Å². The normalized spacial score (nSPS) is 19.5. The summed E-state index contributed by atoms with van der Waals surface area (Å²) in [7, 11) is -2.13. The van der Waals surface area contributed by atoms with Crippen molar-refractivity contribution < 1.29 is 13.2 Å². The molecule has 0 spiro atoms. The van der Waals surface area contributed by atoms with Gasteiger partial charge in [0.05, 0.1) is 6.61 Å². The van der Waals surface area contributed by atoms with E-state index in [0.29, 0.717) is 18.8 Å². The van der Waals surface area contributed by atoms with E-state index >= 15 is 0 Å². The Morgan fingerprint density at radius 1 is 1.48 bits per heavy atom. The van der Waals surface area contributed by atoms with Crippen LogP contribution in [0.1, 0.15) is 18.5 Å². The molecule has 1 aromatic rings. The zero-order valence-corrected chi connectivity index (χ0v) is 13.8. The lowest BCUT2D eigenvalue weighted by Gasteiger charge is -2.24. The molecule has 2 rings (SSSR count). The molecule has 0 amide bonds. The van der Waals surface area contributed by atoms with E-state index in [2.05, 4.69) is 10.3 Å². The molecule has 21 heavy (non-hydrogen) atoms. The predicted octanol–water partition coefficient (Wildman–Crippen LogP) is 0.134. The van der Waals surface area contributed by atoms with Crippen LogP contribution in [0.15, 0.2) is 9.00 Å². The summed E-state index contributed by atoms with van der Waals surface area (Å²) in [6, 6.07) is 0.160. The second-order valence-corrected chi connectivity index (χ2v) is 8.19. The van der Waals surface area contributed by atoms with E-state index in [0.717, 1.165) is 30.7 Å². The number of hydrogen-bond acceptors (Lipinski definition) is 6. The molecule has 0 aromatic carbocycles. The third-order valence-corrected chi connectivity index (χ3v) is 6.93. The maximum Gasteiger partial charge on any atom is 0.305 e. The van der Waals surface area contributed by atoms with E-state index in [4.69, 9.17) is 4.74 Å². The van der Waals surface area contributed by atoms with Crippen molar-refractivity contribution in [2.45, 2.75) is 30.0 Å². The largest absolute Gasteiger partial charge is 0.383 e. The van der Waals surface area contributed by atoms with Crippen LogP contribution < -0.4 is 10.2 Å². The van der Waals surface area contributed by atoms with E-state index in [1.54, 1.807) is 14.0 Å². The summed E-state index contributed by atoms with van der Waals surface area (Å²) >= 11 is 0.739. The molecule has 1 aliphatic rings. The molecule has 1 fully saturated rings. The maximum atomic E-state index is 12.8. The zero-order chi connectivity index (χ0) is 15.5. The number of aromatic amines is 1. The first-order valence-corrected chi connectivity index (χ1v) is 9.13. The van der Waals surface area contributed by atoms with Gasteiger partial charge in [-0.1, -0.05) is 11.3 Å². The third-order valence-electron chi connectivity index (χ3n) is 3.49. The topological polar surface area (TPSA) is 91.5 Å². The van der Waals surface area contributed by atoms with Crippen LogP contribution in [0.3, 0.4) is 0 Å². The van der Waals surface area contributed by atoms with Gasteiger partial charge in [0.1, 0.15) is 0 Å². The van der Waals surface area contributed by atoms with Gasteiger partial charge in [-0.2, -0.15) is 4.31 Å². The summed E-state index contributed by atoms with van der Waals surface area (Å²) in [6.45, 7) is 3.52. The van der Waals surface area contributed by atoms with Crippen LogP contribution in [-0.2, 0) is 14.8 Å². The predicted molar refractivity (Wildman–Crippen MR) is 81.3 cm³/mol. The smallest absolute Gasteiger partial charge is 0.305 e. The second kappa shape index (κ2) is 7.01. The number of nitrogens with one attached hydrogen (secondary N) is 2. The van der Waals surface area contributed by atoms with Gasteiger partial charge in [-0.25, -0.2) is 8.42 Å². The Balaban J connectivity index is 2.24. The third kappa shape index (κ3) is 3.92. The van der Waals surface area contributed by atoms with Crippen molar-refractivity contribution in [3.63, 3.8) is 0 Å². The fourth-order valence-electron chi connectivity index (χ4n) is 2.41. The fourth-order valence-corrected chi connectivity index (χ4v) is 5.32. The van der Waals surface area contributed by atoms with Crippen LogP contribution in [-0.4, -0.2) is 57.1 Å². The summed E-state index contributed by atoms with van der Waals surface area (Å²) in [4.78, 5) is 13.6. The molecule has 9 heteroatoms. The number of methoxy groups -OCH3 is 1. The highest BCUT2D eigenvalue weighted by Crippen LogP contribution is 2.22. The number of sulfonamides is 1. The Morgan fingerprint density at radius 3 is 2.76 bits per heavy atom. The van der Waals surface area contributed by atoms with Gasteiger partial charge in [0.2, 0.25) is 0 Å². The Labute approximate surface area is 128 Å². The van der Waals surface area contributed by atoms with Gasteiger partial charge in [0.15, 0.2) is 4.21 Å². The van der Waals surface area contributed by atoms with Gasteiger partial charge in [-0.05, 0) is 26.3 Å². The average molecular weight is 335 g/mol. The van der Waals surface area contributed by atoms with E-state index in [1.807, 2.05) is 0 Å². The van der Waals surface area contributed by atoms with Crippen molar-refractivity contribution in [2.24, 2.45) is 0 Å². The van der Waals surface area contributed by atoms with Crippen molar-refractivity contribution in [1.29, 1.82) is 0 Å². The molecule has 1 aromatic heterocycles. The van der Waals surface area contributed by atoms with Crippen LogP contribution in [0, 0.1) is 6.92 Å². The molecule has 1 atom stereocenters. The van der Waals surface area contributed by atoms with E-state index in [-0.39, 0.29) is 21.7 Å². The van der Waals surface area contributed by atoms with Crippen molar-refractivity contribution >= 4 is 21.4 Å². The lowest BCUT2D eigenvalue weighted by atomic mass is 10.2. The monoisotopic (exact) mass is 335 g/mol. The van der Waals surface area contributed by atoms with Crippen molar-refractivity contribution in [1.82, 2.24) is 14.6 Å². The van der Waals surface area contributed by atoms with Crippen molar-refractivity contribution in [3.05, 3.63) is 15.4 Å². The molecule has 0 saturated carbocycles. The number of ether oxygens (including phenoxy) is 1. The number of hydrogen-bond donors (Lipinski definition) is 2. The minimum absolute atomic E-state index is 0.0987. The summed E-state index contributed by atoms with van der Waals surface area (Å²) in [6.07, 6.45) is 2.01. The highest BCUT2D eigenvalue weighted by molar-refractivity contribution is 7.91. The zero-order valence-electron chi connectivity index (χ0n) is 12.2. The molecule has 0 radical (unpaired) electrons. The molecule has 0 aliphatic carbocycles. The quantitative estimate of drug-likeness (QED) is 0.739. The van der Waals surface area contributed by atoms with Crippen LogP contribution in [0.2, 0.25) is 0 Å².